The van der Waals surface area contributed by atoms with Gasteiger partial charge in [-0.1, -0.05) is 23.2 Å². The van der Waals surface area contributed by atoms with Gasteiger partial charge in [-0.15, -0.1) is 0 Å². The van der Waals surface area contributed by atoms with E-state index in [0.717, 1.165) is 37.5 Å². The van der Waals surface area contributed by atoms with Gasteiger partial charge in [0.1, 0.15) is 0 Å². The standard InChI is InChI=1S/C12H15Cl2NO/c13-10-6-9-2-4-15(3-1-5-16)8-11(9)12(14)7-10/h6-7,16H,1-5,8H2. The second kappa shape index (κ2) is 5.37. The molecule has 1 aromatic carbocycles. The first-order valence-corrected chi connectivity index (χ1v) is 6.26. The van der Waals surface area contributed by atoms with Gasteiger partial charge in [0.25, 0.3) is 0 Å². The van der Waals surface area contributed by atoms with Gasteiger partial charge >= 0.3 is 0 Å². The Hall–Kier alpha value is -0.280. The van der Waals surface area contributed by atoms with E-state index in [1.807, 2.05) is 6.07 Å². The van der Waals surface area contributed by atoms with Crippen molar-refractivity contribution in [2.45, 2.75) is 19.4 Å². The van der Waals surface area contributed by atoms with Crippen LogP contribution in [0.15, 0.2) is 12.1 Å². The van der Waals surface area contributed by atoms with Crippen LogP contribution in [0, 0.1) is 0 Å². The summed E-state index contributed by atoms with van der Waals surface area (Å²) in [4.78, 5) is 2.32. The Balaban J connectivity index is 2.14. The van der Waals surface area contributed by atoms with E-state index in [2.05, 4.69) is 4.90 Å². The summed E-state index contributed by atoms with van der Waals surface area (Å²) in [6.07, 6.45) is 1.81. The lowest BCUT2D eigenvalue weighted by Crippen LogP contribution is -2.31. The van der Waals surface area contributed by atoms with Crippen molar-refractivity contribution in [3.63, 3.8) is 0 Å². The van der Waals surface area contributed by atoms with Crippen LogP contribution >= 0.6 is 23.2 Å². The van der Waals surface area contributed by atoms with Gasteiger partial charge in [-0.2, -0.15) is 0 Å². The molecule has 1 N–H and O–H groups in total. The maximum absolute atomic E-state index is 8.81. The molecular weight excluding hydrogens is 245 g/mol. The maximum atomic E-state index is 8.81. The van der Waals surface area contributed by atoms with Crippen LogP contribution in [0.1, 0.15) is 17.5 Å². The minimum absolute atomic E-state index is 0.248. The highest BCUT2D eigenvalue weighted by atomic mass is 35.5. The summed E-state index contributed by atoms with van der Waals surface area (Å²) in [6.45, 7) is 3.06. The normalized spacial score (nSPS) is 16.2. The van der Waals surface area contributed by atoms with Gasteiger partial charge in [0, 0.05) is 36.3 Å². The van der Waals surface area contributed by atoms with Crippen LogP contribution in [-0.4, -0.2) is 29.7 Å². The monoisotopic (exact) mass is 259 g/mol. The minimum Gasteiger partial charge on any atom is -0.396 e. The third-order valence-electron chi connectivity index (χ3n) is 2.96. The molecule has 2 rings (SSSR count). The smallest absolute Gasteiger partial charge is 0.0468 e. The number of nitrogens with zero attached hydrogens (tertiary/aromatic N) is 1. The molecule has 1 heterocycles. The molecule has 0 bridgehead atoms. The molecule has 0 fully saturated rings. The average Bonchev–Trinajstić information content (AvgIpc) is 2.26. The summed E-state index contributed by atoms with van der Waals surface area (Å²) in [5.74, 6) is 0. The van der Waals surface area contributed by atoms with Crippen molar-refractivity contribution in [2.24, 2.45) is 0 Å². The lowest BCUT2D eigenvalue weighted by atomic mass is 9.99. The molecule has 2 nitrogen and oxygen atoms in total. The largest absolute Gasteiger partial charge is 0.396 e. The number of hydrogen-bond donors (Lipinski definition) is 1. The van der Waals surface area contributed by atoms with Gasteiger partial charge in [-0.05, 0) is 36.1 Å². The second-order valence-electron chi connectivity index (χ2n) is 4.13. The number of fused-ring (bicyclic) bond motifs is 1. The molecule has 16 heavy (non-hydrogen) atoms. The average molecular weight is 260 g/mol. The van der Waals surface area contributed by atoms with Crippen molar-refractivity contribution in [3.05, 3.63) is 33.3 Å². The van der Waals surface area contributed by atoms with Gasteiger partial charge in [-0.3, -0.25) is 4.90 Å². The zero-order valence-electron chi connectivity index (χ0n) is 9.05. The molecule has 0 radical (unpaired) electrons. The quantitative estimate of drug-likeness (QED) is 0.903. The van der Waals surface area contributed by atoms with Gasteiger partial charge in [-0.25, -0.2) is 0 Å². The summed E-state index contributed by atoms with van der Waals surface area (Å²) < 4.78 is 0. The van der Waals surface area contributed by atoms with Crippen molar-refractivity contribution >= 4 is 23.2 Å². The molecule has 0 unspecified atom stereocenters. The molecule has 0 aliphatic carbocycles. The topological polar surface area (TPSA) is 23.5 Å². The first kappa shape index (κ1) is 12.2. The van der Waals surface area contributed by atoms with E-state index >= 15 is 0 Å². The van der Waals surface area contributed by atoms with Crippen LogP contribution in [0.2, 0.25) is 10.0 Å². The molecule has 1 aliphatic rings. The van der Waals surface area contributed by atoms with Crippen molar-refractivity contribution in [1.82, 2.24) is 4.90 Å². The number of halogens is 2. The van der Waals surface area contributed by atoms with Gasteiger partial charge in [0.2, 0.25) is 0 Å². The number of aliphatic hydroxyl groups is 1. The van der Waals surface area contributed by atoms with Crippen molar-refractivity contribution in [2.75, 3.05) is 19.7 Å². The number of hydrogen-bond acceptors (Lipinski definition) is 2. The Morgan fingerprint density at radius 3 is 2.88 bits per heavy atom. The second-order valence-corrected chi connectivity index (χ2v) is 4.97. The molecule has 0 atom stereocenters. The molecule has 0 spiro atoms. The first-order valence-electron chi connectivity index (χ1n) is 5.50. The number of rotatable bonds is 3. The van der Waals surface area contributed by atoms with Gasteiger partial charge in [0.05, 0.1) is 0 Å². The summed E-state index contributed by atoms with van der Waals surface area (Å²) in [7, 11) is 0. The summed E-state index contributed by atoms with van der Waals surface area (Å²) >= 11 is 12.2. The molecule has 4 heteroatoms. The van der Waals surface area contributed by atoms with Crippen LogP contribution in [0.3, 0.4) is 0 Å². The Morgan fingerprint density at radius 2 is 2.12 bits per heavy atom. The Labute approximate surface area is 106 Å². The van der Waals surface area contributed by atoms with E-state index in [1.165, 1.54) is 11.1 Å². The summed E-state index contributed by atoms with van der Waals surface area (Å²) in [6, 6.07) is 3.81. The molecule has 88 valence electrons. The van der Waals surface area contributed by atoms with E-state index in [0.29, 0.717) is 5.02 Å². The lowest BCUT2D eigenvalue weighted by molar-refractivity contribution is 0.212. The SMILES string of the molecule is OCCCN1CCc2cc(Cl)cc(Cl)c2C1. The van der Waals surface area contributed by atoms with E-state index in [-0.39, 0.29) is 6.61 Å². The lowest BCUT2D eigenvalue weighted by Gasteiger charge is -2.29. The van der Waals surface area contributed by atoms with E-state index in [9.17, 15) is 0 Å². The van der Waals surface area contributed by atoms with Crippen LogP contribution < -0.4 is 0 Å². The maximum Gasteiger partial charge on any atom is 0.0468 e. The zero-order chi connectivity index (χ0) is 11.5. The molecule has 0 saturated carbocycles. The molecular formula is C12H15Cl2NO. The minimum atomic E-state index is 0.248. The predicted octanol–water partition coefficient (Wildman–Crippen LogP) is 2.73. The fraction of sp³-hybridized carbons (Fsp3) is 0.500. The first-order chi connectivity index (χ1) is 7.70. The molecule has 0 saturated heterocycles. The van der Waals surface area contributed by atoms with Crippen molar-refractivity contribution < 1.29 is 5.11 Å². The summed E-state index contributed by atoms with van der Waals surface area (Å²) in [5, 5.41) is 10.3. The highest BCUT2D eigenvalue weighted by molar-refractivity contribution is 6.35. The summed E-state index contributed by atoms with van der Waals surface area (Å²) in [5.41, 5.74) is 2.45. The van der Waals surface area contributed by atoms with E-state index in [1.54, 1.807) is 6.07 Å². The Morgan fingerprint density at radius 1 is 1.31 bits per heavy atom. The number of aliphatic hydroxyl groups excluding tert-OH is 1. The fourth-order valence-corrected chi connectivity index (χ4v) is 2.72. The van der Waals surface area contributed by atoms with Crippen LogP contribution in [0.5, 0.6) is 0 Å². The van der Waals surface area contributed by atoms with Crippen LogP contribution in [-0.2, 0) is 13.0 Å². The highest BCUT2D eigenvalue weighted by Crippen LogP contribution is 2.29. The van der Waals surface area contributed by atoms with Crippen LogP contribution in [0.25, 0.3) is 0 Å². The van der Waals surface area contributed by atoms with Gasteiger partial charge in [0.15, 0.2) is 0 Å². The Bertz CT molecular complexity index is 382. The third-order valence-corrected chi connectivity index (χ3v) is 3.52. The van der Waals surface area contributed by atoms with Gasteiger partial charge < -0.3 is 5.11 Å². The number of benzene rings is 1. The highest BCUT2D eigenvalue weighted by Gasteiger charge is 2.18. The molecule has 1 aromatic rings. The zero-order valence-corrected chi connectivity index (χ0v) is 10.6. The fourth-order valence-electron chi connectivity index (χ4n) is 2.12. The Kier molecular flexibility index (Phi) is 4.09. The predicted molar refractivity (Wildman–Crippen MR) is 67.1 cm³/mol. The van der Waals surface area contributed by atoms with E-state index < -0.39 is 0 Å². The molecule has 1 aliphatic heterocycles. The molecule has 0 aromatic heterocycles. The van der Waals surface area contributed by atoms with Crippen LogP contribution in [0.4, 0.5) is 0 Å². The third kappa shape index (κ3) is 2.69. The van der Waals surface area contributed by atoms with Crippen molar-refractivity contribution in [1.29, 1.82) is 0 Å². The van der Waals surface area contributed by atoms with Crippen molar-refractivity contribution in [3.8, 4) is 0 Å². The molecule has 0 amide bonds. The van der Waals surface area contributed by atoms with E-state index in [4.69, 9.17) is 28.3 Å².